The van der Waals surface area contributed by atoms with E-state index in [-0.39, 0.29) is 31.1 Å². The summed E-state index contributed by atoms with van der Waals surface area (Å²) in [5.41, 5.74) is 0.643. The molecule has 1 aromatic heterocycles. The number of aliphatic imine (C=N–C) groups is 1. The molecule has 0 amide bonds. The third kappa shape index (κ3) is 6.84. The number of thiazole rings is 1. The van der Waals surface area contributed by atoms with Gasteiger partial charge in [-0.3, -0.25) is 14.7 Å². The second kappa shape index (κ2) is 13.0. The van der Waals surface area contributed by atoms with Gasteiger partial charge in [0.2, 0.25) is 0 Å². The fourth-order valence-corrected chi connectivity index (χ4v) is 7.10. The normalized spacial score (nSPS) is 26.6. The van der Waals surface area contributed by atoms with E-state index in [0.717, 1.165) is 0 Å². The number of hydrogen-bond donors (Lipinski definition) is 3. The van der Waals surface area contributed by atoms with E-state index in [0.29, 0.717) is 60.0 Å². The second-order valence-electron chi connectivity index (χ2n) is 12.2. The number of aromatic nitrogens is 1. The van der Waals surface area contributed by atoms with Crippen LogP contribution in [-0.4, -0.2) is 77.5 Å². The molecule has 2 fully saturated rings. The number of rotatable bonds is 12. The Morgan fingerprint density at radius 1 is 1.27 bits per heavy atom. The van der Waals surface area contributed by atoms with E-state index >= 15 is 0 Å². The number of carboxylic acids is 1. The van der Waals surface area contributed by atoms with E-state index in [9.17, 15) is 27.9 Å². The first kappa shape index (κ1) is 32.1. The van der Waals surface area contributed by atoms with Crippen LogP contribution in [0.15, 0.2) is 46.0 Å². The highest BCUT2D eigenvalue weighted by Crippen LogP contribution is 2.45. The SMILES string of the molecule is CCOC(=O)C1=C(CN2CC(F)(F)C[C@@H]2CCNCC2CC(C)(C(=O)O)C2)NC(c2nccs2)=N[C@H]1c1cccc(F)c1C. The van der Waals surface area contributed by atoms with E-state index in [4.69, 9.17) is 9.73 Å². The number of aliphatic carboxylic acids is 1. The van der Waals surface area contributed by atoms with Crippen molar-refractivity contribution in [3.05, 3.63) is 63.0 Å². The van der Waals surface area contributed by atoms with Gasteiger partial charge in [0.1, 0.15) is 11.9 Å². The number of nitrogens with zero attached hydrogens (tertiary/aromatic N) is 3. The largest absolute Gasteiger partial charge is 0.481 e. The minimum absolute atomic E-state index is 0.00323. The summed E-state index contributed by atoms with van der Waals surface area (Å²) in [4.78, 5) is 35.6. The van der Waals surface area contributed by atoms with Crippen molar-refractivity contribution in [1.82, 2.24) is 20.5 Å². The molecule has 2 aliphatic heterocycles. The highest BCUT2D eigenvalue weighted by Gasteiger charge is 2.47. The van der Waals surface area contributed by atoms with E-state index < -0.39 is 47.7 Å². The molecular formula is C31H38F3N5O4S. The Labute approximate surface area is 258 Å². The van der Waals surface area contributed by atoms with Crippen molar-refractivity contribution < 1.29 is 32.6 Å². The van der Waals surface area contributed by atoms with Gasteiger partial charge in [0.25, 0.3) is 5.92 Å². The number of ether oxygens (including phenoxy) is 1. The van der Waals surface area contributed by atoms with Crippen molar-refractivity contribution in [2.45, 2.75) is 64.5 Å². The van der Waals surface area contributed by atoms with Crippen LogP contribution in [0.1, 0.15) is 61.7 Å². The molecule has 44 heavy (non-hydrogen) atoms. The molecule has 3 aliphatic rings. The molecule has 0 unspecified atom stereocenters. The number of carbonyl (C=O) groups excluding carboxylic acids is 1. The average molecular weight is 634 g/mol. The highest BCUT2D eigenvalue weighted by molar-refractivity contribution is 7.11. The Morgan fingerprint density at radius 2 is 2.05 bits per heavy atom. The number of halogens is 3. The molecule has 2 atom stereocenters. The second-order valence-corrected chi connectivity index (χ2v) is 13.1. The van der Waals surface area contributed by atoms with Gasteiger partial charge >= 0.3 is 11.9 Å². The quantitative estimate of drug-likeness (QED) is 0.228. The molecule has 5 rings (SSSR count). The van der Waals surface area contributed by atoms with Crippen molar-refractivity contribution >= 4 is 29.1 Å². The molecular weight excluding hydrogens is 595 g/mol. The van der Waals surface area contributed by atoms with E-state index in [1.54, 1.807) is 49.4 Å². The van der Waals surface area contributed by atoms with Crippen LogP contribution in [0.4, 0.5) is 13.2 Å². The smallest absolute Gasteiger partial charge is 0.338 e. The van der Waals surface area contributed by atoms with E-state index in [2.05, 4.69) is 15.6 Å². The molecule has 1 aromatic carbocycles. The number of esters is 1. The predicted octanol–water partition coefficient (Wildman–Crippen LogP) is 4.69. The van der Waals surface area contributed by atoms with Gasteiger partial charge in [-0.15, -0.1) is 11.3 Å². The lowest BCUT2D eigenvalue weighted by molar-refractivity contribution is -0.156. The van der Waals surface area contributed by atoms with Gasteiger partial charge in [0, 0.05) is 36.3 Å². The van der Waals surface area contributed by atoms with Crippen molar-refractivity contribution in [3.8, 4) is 0 Å². The number of carboxylic acid groups (broad SMARTS) is 1. The zero-order chi connectivity index (χ0) is 31.6. The zero-order valence-electron chi connectivity index (χ0n) is 25.0. The molecule has 1 aliphatic carbocycles. The Kier molecular flexibility index (Phi) is 9.47. The number of amidine groups is 1. The van der Waals surface area contributed by atoms with Gasteiger partial charge in [0.15, 0.2) is 10.8 Å². The maximum Gasteiger partial charge on any atom is 0.338 e. The first-order valence-corrected chi connectivity index (χ1v) is 15.7. The maximum absolute atomic E-state index is 14.9. The molecule has 2 aromatic rings. The Balaban J connectivity index is 1.39. The van der Waals surface area contributed by atoms with Gasteiger partial charge < -0.3 is 20.5 Å². The standard InChI is InChI=1S/C31H38F3N5O4S/c1-4-43-28(40)24-23(37-26(27-36-10-11-44-27)38-25(24)21-6-5-7-22(32)18(21)2)16-39-17-31(33,34)14-20(39)8-9-35-15-19-12-30(3,13-19)29(41)42/h5-7,10-11,19-20,25,35H,4,8-9,12-17H2,1-3H3,(H,37,38)(H,41,42)/t19?,20-,25-,30?/m0/s1. The van der Waals surface area contributed by atoms with Crippen LogP contribution in [0.2, 0.25) is 0 Å². The summed E-state index contributed by atoms with van der Waals surface area (Å²) < 4.78 is 49.8. The van der Waals surface area contributed by atoms with Gasteiger partial charge in [-0.05, 0) is 76.2 Å². The van der Waals surface area contributed by atoms with Crippen LogP contribution in [-0.2, 0) is 14.3 Å². The third-order valence-corrected chi connectivity index (χ3v) is 9.57. The summed E-state index contributed by atoms with van der Waals surface area (Å²) in [5.74, 6) is -4.18. The van der Waals surface area contributed by atoms with Gasteiger partial charge in [0.05, 0.1) is 24.1 Å². The first-order chi connectivity index (χ1) is 20.9. The molecule has 0 radical (unpaired) electrons. The average Bonchev–Trinajstić information content (AvgIpc) is 3.58. The summed E-state index contributed by atoms with van der Waals surface area (Å²) >= 11 is 1.33. The molecule has 3 heterocycles. The summed E-state index contributed by atoms with van der Waals surface area (Å²) in [6.07, 6.45) is 2.92. The molecule has 13 heteroatoms. The lowest BCUT2D eigenvalue weighted by atomic mass is 9.63. The fraction of sp³-hybridized carbons (Fsp3) is 0.548. The van der Waals surface area contributed by atoms with Gasteiger partial charge in [-0.2, -0.15) is 0 Å². The van der Waals surface area contributed by atoms with E-state index in [1.165, 1.54) is 17.4 Å². The highest BCUT2D eigenvalue weighted by atomic mass is 32.1. The molecule has 1 saturated heterocycles. The van der Waals surface area contributed by atoms with Crippen LogP contribution < -0.4 is 10.6 Å². The fourth-order valence-electron chi connectivity index (χ4n) is 6.51. The van der Waals surface area contributed by atoms with Crippen molar-refractivity contribution in [2.75, 3.05) is 32.8 Å². The maximum atomic E-state index is 14.9. The lowest BCUT2D eigenvalue weighted by Crippen LogP contribution is -2.45. The Hall–Kier alpha value is -3.29. The first-order valence-electron chi connectivity index (χ1n) is 14.9. The zero-order valence-corrected chi connectivity index (χ0v) is 25.9. The molecule has 1 saturated carbocycles. The van der Waals surface area contributed by atoms with Crippen LogP contribution in [0.3, 0.4) is 0 Å². The molecule has 9 nitrogen and oxygen atoms in total. The molecule has 0 bridgehead atoms. The number of alkyl halides is 2. The van der Waals surface area contributed by atoms with Gasteiger partial charge in [-0.1, -0.05) is 12.1 Å². The summed E-state index contributed by atoms with van der Waals surface area (Å²) in [5, 5.41) is 18.2. The third-order valence-electron chi connectivity index (χ3n) is 8.79. The van der Waals surface area contributed by atoms with E-state index in [1.807, 2.05) is 0 Å². The number of carbonyl (C=O) groups is 2. The number of nitrogens with one attached hydrogen (secondary N) is 2. The van der Waals surface area contributed by atoms with Crippen molar-refractivity contribution in [1.29, 1.82) is 0 Å². The molecule has 0 spiro atoms. The van der Waals surface area contributed by atoms with Crippen LogP contribution in [0.25, 0.3) is 0 Å². The lowest BCUT2D eigenvalue weighted by Gasteiger charge is -2.42. The number of benzene rings is 1. The van der Waals surface area contributed by atoms with Crippen LogP contribution >= 0.6 is 11.3 Å². The molecule has 238 valence electrons. The topological polar surface area (TPSA) is 116 Å². The van der Waals surface area contributed by atoms with Crippen molar-refractivity contribution in [3.63, 3.8) is 0 Å². The Morgan fingerprint density at radius 3 is 2.73 bits per heavy atom. The summed E-state index contributed by atoms with van der Waals surface area (Å²) in [6, 6.07) is 3.19. The van der Waals surface area contributed by atoms with Crippen LogP contribution in [0, 0.1) is 24.1 Å². The Bertz CT molecular complexity index is 1440. The number of likely N-dealkylation sites (tertiary alicyclic amines) is 1. The van der Waals surface area contributed by atoms with Crippen molar-refractivity contribution in [2.24, 2.45) is 16.3 Å². The minimum atomic E-state index is -2.91. The summed E-state index contributed by atoms with van der Waals surface area (Å²) in [7, 11) is 0. The van der Waals surface area contributed by atoms with Gasteiger partial charge in [-0.25, -0.2) is 22.9 Å². The predicted molar refractivity (Wildman–Crippen MR) is 160 cm³/mol. The minimum Gasteiger partial charge on any atom is -0.481 e. The van der Waals surface area contributed by atoms with Crippen LogP contribution in [0.5, 0.6) is 0 Å². The molecule has 3 N–H and O–H groups in total. The summed E-state index contributed by atoms with van der Waals surface area (Å²) in [6.45, 7) is 5.78. The monoisotopic (exact) mass is 633 g/mol. The number of hydrogen-bond acceptors (Lipinski definition) is 9.